The Bertz CT molecular complexity index is 1200. The SMILES string of the molecule is Cc1ccc(NC(=O)c2cccc(C(=O)NCCc3c[nH]c4ccccc34)n2)cc1. The number of fused-ring (bicyclic) bond motifs is 1. The van der Waals surface area contributed by atoms with E-state index in [1.165, 1.54) is 0 Å². The zero-order valence-corrected chi connectivity index (χ0v) is 16.6. The minimum absolute atomic E-state index is 0.194. The van der Waals surface area contributed by atoms with E-state index in [2.05, 4.69) is 26.7 Å². The van der Waals surface area contributed by atoms with Gasteiger partial charge in [-0.1, -0.05) is 42.0 Å². The first kappa shape index (κ1) is 19.4. The van der Waals surface area contributed by atoms with Crippen LogP contribution in [0, 0.1) is 6.92 Å². The second-order valence-electron chi connectivity index (χ2n) is 7.09. The van der Waals surface area contributed by atoms with E-state index in [-0.39, 0.29) is 23.2 Å². The molecule has 30 heavy (non-hydrogen) atoms. The van der Waals surface area contributed by atoms with Crippen LogP contribution < -0.4 is 10.6 Å². The van der Waals surface area contributed by atoms with Gasteiger partial charge < -0.3 is 15.6 Å². The van der Waals surface area contributed by atoms with Gasteiger partial charge in [0.2, 0.25) is 0 Å². The van der Waals surface area contributed by atoms with Crippen LogP contribution in [0.1, 0.15) is 32.1 Å². The van der Waals surface area contributed by atoms with Crippen molar-refractivity contribution in [3.63, 3.8) is 0 Å². The molecule has 0 bridgehead atoms. The smallest absolute Gasteiger partial charge is 0.274 e. The van der Waals surface area contributed by atoms with Crippen LogP contribution in [0.2, 0.25) is 0 Å². The third-order valence-electron chi connectivity index (χ3n) is 4.88. The second-order valence-corrected chi connectivity index (χ2v) is 7.09. The number of aromatic amines is 1. The number of benzene rings is 2. The molecule has 6 nitrogen and oxygen atoms in total. The number of carbonyl (C=O) groups excluding carboxylic acids is 2. The van der Waals surface area contributed by atoms with Gasteiger partial charge in [0.15, 0.2) is 0 Å². The number of carbonyl (C=O) groups is 2. The highest BCUT2D eigenvalue weighted by atomic mass is 16.2. The van der Waals surface area contributed by atoms with Gasteiger partial charge in [0, 0.05) is 29.3 Å². The highest BCUT2D eigenvalue weighted by Crippen LogP contribution is 2.17. The van der Waals surface area contributed by atoms with Gasteiger partial charge in [-0.05, 0) is 49.2 Å². The number of nitrogens with one attached hydrogen (secondary N) is 3. The molecule has 0 aliphatic carbocycles. The molecular formula is C24H22N4O2. The van der Waals surface area contributed by atoms with E-state index in [1.807, 2.05) is 55.6 Å². The van der Waals surface area contributed by atoms with Gasteiger partial charge in [0.25, 0.3) is 11.8 Å². The fraction of sp³-hybridized carbons (Fsp3) is 0.125. The number of anilines is 1. The van der Waals surface area contributed by atoms with Gasteiger partial charge >= 0.3 is 0 Å². The van der Waals surface area contributed by atoms with Crippen molar-refractivity contribution >= 4 is 28.4 Å². The maximum absolute atomic E-state index is 12.5. The summed E-state index contributed by atoms with van der Waals surface area (Å²) in [5, 5.41) is 6.82. The van der Waals surface area contributed by atoms with E-state index in [1.54, 1.807) is 18.2 Å². The van der Waals surface area contributed by atoms with Crippen molar-refractivity contribution in [1.82, 2.24) is 15.3 Å². The first-order valence-corrected chi connectivity index (χ1v) is 9.78. The fourth-order valence-corrected chi connectivity index (χ4v) is 3.26. The second kappa shape index (κ2) is 8.61. The van der Waals surface area contributed by atoms with Gasteiger partial charge in [-0.15, -0.1) is 0 Å². The lowest BCUT2D eigenvalue weighted by Crippen LogP contribution is -2.27. The van der Waals surface area contributed by atoms with Crippen molar-refractivity contribution in [2.24, 2.45) is 0 Å². The van der Waals surface area contributed by atoms with Crippen LogP contribution in [0.5, 0.6) is 0 Å². The molecule has 2 heterocycles. The van der Waals surface area contributed by atoms with Crippen LogP contribution in [0.15, 0.2) is 72.9 Å². The van der Waals surface area contributed by atoms with E-state index < -0.39 is 0 Å². The number of aryl methyl sites for hydroxylation is 1. The van der Waals surface area contributed by atoms with Crippen LogP contribution in [0.4, 0.5) is 5.69 Å². The van der Waals surface area contributed by atoms with Crippen LogP contribution in [0.25, 0.3) is 10.9 Å². The molecule has 2 amide bonds. The van der Waals surface area contributed by atoms with E-state index in [0.717, 1.165) is 22.0 Å². The predicted octanol–water partition coefficient (Wildman–Crippen LogP) is 4.10. The van der Waals surface area contributed by atoms with E-state index >= 15 is 0 Å². The first-order chi connectivity index (χ1) is 14.6. The van der Waals surface area contributed by atoms with E-state index in [0.29, 0.717) is 18.7 Å². The standard InChI is InChI=1S/C24H22N4O2/c1-16-9-11-18(12-10-16)27-24(30)22-8-4-7-21(28-22)23(29)25-14-13-17-15-26-20-6-3-2-5-19(17)20/h2-12,15,26H,13-14H2,1H3,(H,25,29)(H,27,30). The van der Waals surface area contributed by atoms with Crippen LogP contribution in [0.3, 0.4) is 0 Å². The molecule has 0 aliphatic rings. The van der Waals surface area contributed by atoms with Gasteiger partial charge in [0.1, 0.15) is 11.4 Å². The van der Waals surface area contributed by atoms with Gasteiger partial charge in [-0.2, -0.15) is 0 Å². The normalized spacial score (nSPS) is 10.7. The molecule has 0 spiro atoms. The molecule has 2 aromatic heterocycles. The zero-order valence-electron chi connectivity index (χ0n) is 16.6. The summed E-state index contributed by atoms with van der Waals surface area (Å²) in [6.07, 6.45) is 2.66. The molecule has 0 radical (unpaired) electrons. The molecule has 0 aliphatic heterocycles. The van der Waals surface area contributed by atoms with Crippen molar-refractivity contribution in [3.8, 4) is 0 Å². The molecule has 0 atom stereocenters. The Morgan fingerprint density at radius 2 is 1.63 bits per heavy atom. The van der Waals surface area contributed by atoms with Crippen molar-refractivity contribution in [2.75, 3.05) is 11.9 Å². The molecule has 0 fully saturated rings. The highest BCUT2D eigenvalue weighted by Gasteiger charge is 2.13. The summed E-state index contributed by atoms with van der Waals surface area (Å²) in [7, 11) is 0. The van der Waals surface area contributed by atoms with Crippen LogP contribution in [-0.2, 0) is 6.42 Å². The lowest BCUT2D eigenvalue weighted by molar-refractivity contribution is 0.0949. The molecule has 3 N–H and O–H groups in total. The molecule has 4 aromatic rings. The minimum atomic E-state index is -0.354. The number of hydrogen-bond acceptors (Lipinski definition) is 3. The number of pyridine rings is 1. The lowest BCUT2D eigenvalue weighted by atomic mass is 10.1. The average Bonchev–Trinajstić information content (AvgIpc) is 3.18. The largest absolute Gasteiger partial charge is 0.361 e. The van der Waals surface area contributed by atoms with Crippen molar-refractivity contribution in [1.29, 1.82) is 0 Å². The van der Waals surface area contributed by atoms with E-state index in [9.17, 15) is 9.59 Å². The fourth-order valence-electron chi connectivity index (χ4n) is 3.26. The third kappa shape index (κ3) is 4.38. The Kier molecular flexibility index (Phi) is 5.57. The Morgan fingerprint density at radius 3 is 2.43 bits per heavy atom. The van der Waals surface area contributed by atoms with Gasteiger partial charge in [-0.25, -0.2) is 4.98 Å². The van der Waals surface area contributed by atoms with Gasteiger partial charge in [-0.3, -0.25) is 9.59 Å². The molecular weight excluding hydrogens is 376 g/mol. The summed E-state index contributed by atoms with van der Waals surface area (Å²) in [6, 6.07) is 20.4. The zero-order chi connectivity index (χ0) is 20.9. The predicted molar refractivity (Wildman–Crippen MR) is 118 cm³/mol. The molecule has 150 valence electrons. The van der Waals surface area contributed by atoms with Crippen molar-refractivity contribution < 1.29 is 9.59 Å². The van der Waals surface area contributed by atoms with Crippen LogP contribution in [-0.4, -0.2) is 28.3 Å². The maximum atomic E-state index is 12.5. The first-order valence-electron chi connectivity index (χ1n) is 9.78. The molecule has 2 aromatic carbocycles. The Morgan fingerprint density at radius 1 is 0.900 bits per heavy atom. The summed E-state index contributed by atoms with van der Waals surface area (Å²) in [4.78, 5) is 32.4. The number of para-hydroxylation sites is 1. The number of amides is 2. The Hall–Kier alpha value is -3.93. The lowest BCUT2D eigenvalue weighted by Gasteiger charge is -2.07. The molecule has 4 rings (SSSR count). The summed E-state index contributed by atoms with van der Waals surface area (Å²) in [5.74, 6) is -0.660. The van der Waals surface area contributed by atoms with Crippen molar-refractivity contribution in [3.05, 3.63) is 95.4 Å². The van der Waals surface area contributed by atoms with Crippen molar-refractivity contribution in [2.45, 2.75) is 13.3 Å². The monoisotopic (exact) mass is 398 g/mol. The quantitative estimate of drug-likeness (QED) is 0.457. The maximum Gasteiger partial charge on any atom is 0.274 e. The molecule has 0 saturated carbocycles. The van der Waals surface area contributed by atoms with Gasteiger partial charge in [0.05, 0.1) is 0 Å². The number of nitrogens with zero attached hydrogens (tertiary/aromatic N) is 1. The number of aromatic nitrogens is 2. The van der Waals surface area contributed by atoms with Crippen LogP contribution >= 0.6 is 0 Å². The topological polar surface area (TPSA) is 86.9 Å². The average molecular weight is 398 g/mol. The molecule has 0 saturated heterocycles. The number of hydrogen-bond donors (Lipinski definition) is 3. The Labute approximate surface area is 174 Å². The highest BCUT2D eigenvalue weighted by molar-refractivity contribution is 6.03. The summed E-state index contributed by atoms with van der Waals surface area (Å²) in [6.45, 7) is 2.45. The number of H-pyrrole nitrogens is 1. The summed E-state index contributed by atoms with van der Waals surface area (Å²) < 4.78 is 0. The molecule has 0 unspecified atom stereocenters. The minimum Gasteiger partial charge on any atom is -0.361 e. The molecule has 6 heteroatoms. The Balaban J connectivity index is 1.37. The van der Waals surface area contributed by atoms with E-state index in [4.69, 9.17) is 0 Å². The summed E-state index contributed by atoms with van der Waals surface area (Å²) in [5.41, 5.74) is 4.42. The summed E-state index contributed by atoms with van der Waals surface area (Å²) >= 11 is 0. The number of rotatable bonds is 6. The third-order valence-corrected chi connectivity index (χ3v) is 4.88.